The van der Waals surface area contributed by atoms with Gasteiger partial charge in [0.2, 0.25) is 5.91 Å². The zero-order valence-electron chi connectivity index (χ0n) is 15.0. The van der Waals surface area contributed by atoms with E-state index >= 15 is 0 Å². The molecule has 0 spiro atoms. The molecule has 0 bridgehead atoms. The molecule has 5 nitrogen and oxygen atoms in total. The highest BCUT2D eigenvalue weighted by molar-refractivity contribution is 6.04. The van der Waals surface area contributed by atoms with Gasteiger partial charge in [0.15, 0.2) is 0 Å². The molecule has 2 aromatic carbocycles. The van der Waals surface area contributed by atoms with Crippen LogP contribution in [-0.4, -0.2) is 17.9 Å². The fraction of sp³-hybridized carbons (Fsp3) is 0.333. The molecule has 5 heteroatoms. The Balaban J connectivity index is 1.65. The maximum absolute atomic E-state index is 12.6. The molecular formula is C21H25N3O2. The van der Waals surface area contributed by atoms with E-state index in [-0.39, 0.29) is 23.8 Å². The molecule has 0 aliphatic heterocycles. The summed E-state index contributed by atoms with van der Waals surface area (Å²) in [6.07, 6.45) is 2.37. The minimum Gasteiger partial charge on any atom is -0.348 e. The summed E-state index contributed by atoms with van der Waals surface area (Å²) in [5.74, 6) is -0.338. The average molecular weight is 351 g/mol. The Kier molecular flexibility index (Phi) is 5.68. The van der Waals surface area contributed by atoms with Crippen LogP contribution in [0, 0.1) is 12.8 Å². The van der Waals surface area contributed by atoms with Crippen LogP contribution in [0.2, 0.25) is 0 Å². The van der Waals surface area contributed by atoms with Gasteiger partial charge in [-0.15, -0.1) is 0 Å². The Morgan fingerprint density at radius 2 is 1.81 bits per heavy atom. The lowest BCUT2D eigenvalue weighted by atomic mass is 10.1. The van der Waals surface area contributed by atoms with Crippen LogP contribution in [0.4, 0.5) is 5.69 Å². The molecule has 3 rings (SSSR count). The number of nitrogens with two attached hydrogens (primary N) is 1. The lowest BCUT2D eigenvalue weighted by Gasteiger charge is -2.14. The van der Waals surface area contributed by atoms with Crippen LogP contribution in [0.1, 0.15) is 40.7 Å². The highest BCUT2D eigenvalue weighted by Crippen LogP contribution is 2.26. The Bertz CT molecular complexity index is 786. The molecular weight excluding hydrogens is 326 g/mol. The standard InChI is InChI=1S/C21H25N3O2/c1-14-6-8-15(9-7-14)13-23-21(26)18-4-2-3-5-19(18)24-20(25)16-10-11-17(22)12-16/h2-9,16-17H,10-13,22H2,1H3,(H,23,26)(H,24,25). The third kappa shape index (κ3) is 4.49. The predicted molar refractivity (Wildman–Crippen MR) is 103 cm³/mol. The molecule has 26 heavy (non-hydrogen) atoms. The van der Waals surface area contributed by atoms with E-state index in [1.807, 2.05) is 37.3 Å². The Morgan fingerprint density at radius 1 is 1.08 bits per heavy atom. The quantitative estimate of drug-likeness (QED) is 0.774. The second-order valence-electron chi connectivity index (χ2n) is 6.97. The van der Waals surface area contributed by atoms with Crippen molar-refractivity contribution in [1.29, 1.82) is 0 Å². The van der Waals surface area contributed by atoms with E-state index in [2.05, 4.69) is 10.6 Å². The minimum absolute atomic E-state index is 0.0586. The number of benzene rings is 2. The largest absolute Gasteiger partial charge is 0.348 e. The van der Waals surface area contributed by atoms with Crippen molar-refractivity contribution in [3.63, 3.8) is 0 Å². The molecule has 0 heterocycles. The van der Waals surface area contributed by atoms with Gasteiger partial charge in [0, 0.05) is 18.5 Å². The van der Waals surface area contributed by atoms with Gasteiger partial charge in [0.25, 0.3) is 5.91 Å². The van der Waals surface area contributed by atoms with Crippen LogP contribution in [-0.2, 0) is 11.3 Å². The maximum atomic E-state index is 12.6. The first-order chi connectivity index (χ1) is 12.5. The summed E-state index contributed by atoms with van der Waals surface area (Å²) in [5.41, 5.74) is 9.12. The molecule has 0 radical (unpaired) electrons. The normalized spacial score (nSPS) is 19.2. The van der Waals surface area contributed by atoms with E-state index in [1.54, 1.807) is 18.2 Å². The fourth-order valence-corrected chi connectivity index (χ4v) is 3.26. The molecule has 2 atom stereocenters. The number of hydrogen-bond acceptors (Lipinski definition) is 3. The number of amides is 2. The van der Waals surface area contributed by atoms with Gasteiger partial charge in [-0.1, -0.05) is 42.0 Å². The van der Waals surface area contributed by atoms with Gasteiger partial charge in [-0.2, -0.15) is 0 Å². The highest BCUT2D eigenvalue weighted by atomic mass is 16.2. The summed E-state index contributed by atoms with van der Waals surface area (Å²) in [6.45, 7) is 2.47. The first kappa shape index (κ1) is 18.1. The Morgan fingerprint density at radius 3 is 2.50 bits per heavy atom. The van der Waals surface area contributed by atoms with Crippen molar-refractivity contribution in [1.82, 2.24) is 5.32 Å². The van der Waals surface area contributed by atoms with Crippen LogP contribution in [0.25, 0.3) is 0 Å². The van der Waals surface area contributed by atoms with Gasteiger partial charge in [-0.05, 0) is 43.9 Å². The van der Waals surface area contributed by atoms with Crippen molar-refractivity contribution in [2.45, 2.75) is 38.8 Å². The van der Waals surface area contributed by atoms with Crippen molar-refractivity contribution >= 4 is 17.5 Å². The highest BCUT2D eigenvalue weighted by Gasteiger charge is 2.28. The van der Waals surface area contributed by atoms with E-state index in [0.29, 0.717) is 24.2 Å². The lowest BCUT2D eigenvalue weighted by molar-refractivity contribution is -0.119. The van der Waals surface area contributed by atoms with Gasteiger partial charge < -0.3 is 16.4 Å². The summed E-state index contributed by atoms with van der Waals surface area (Å²) < 4.78 is 0. The molecule has 1 saturated carbocycles. The summed E-state index contributed by atoms with van der Waals surface area (Å²) in [6, 6.07) is 15.2. The Hall–Kier alpha value is -2.66. The topological polar surface area (TPSA) is 84.2 Å². The molecule has 2 amide bonds. The number of aryl methyl sites for hydroxylation is 1. The monoisotopic (exact) mass is 351 g/mol. The van der Waals surface area contributed by atoms with Gasteiger partial charge >= 0.3 is 0 Å². The smallest absolute Gasteiger partial charge is 0.253 e. The minimum atomic E-state index is -0.204. The number of hydrogen-bond donors (Lipinski definition) is 3. The summed E-state index contributed by atoms with van der Waals surface area (Å²) in [4.78, 5) is 25.0. The third-order valence-corrected chi connectivity index (χ3v) is 4.85. The van der Waals surface area contributed by atoms with Gasteiger partial charge in [0.05, 0.1) is 11.3 Å². The van der Waals surface area contributed by atoms with Gasteiger partial charge in [-0.25, -0.2) is 0 Å². The molecule has 136 valence electrons. The van der Waals surface area contributed by atoms with E-state index in [9.17, 15) is 9.59 Å². The SMILES string of the molecule is Cc1ccc(CNC(=O)c2ccccc2NC(=O)C2CCC(N)C2)cc1. The Labute approximate surface area is 154 Å². The number of para-hydroxylation sites is 1. The second kappa shape index (κ2) is 8.15. The van der Waals surface area contributed by atoms with E-state index in [1.165, 1.54) is 5.56 Å². The van der Waals surface area contributed by atoms with Crippen molar-refractivity contribution in [2.24, 2.45) is 11.7 Å². The number of rotatable bonds is 5. The van der Waals surface area contributed by atoms with E-state index < -0.39 is 0 Å². The predicted octanol–water partition coefficient (Wildman–Crippen LogP) is 2.99. The molecule has 2 unspecified atom stereocenters. The van der Waals surface area contributed by atoms with Crippen LogP contribution in [0.15, 0.2) is 48.5 Å². The van der Waals surface area contributed by atoms with Crippen molar-refractivity contribution < 1.29 is 9.59 Å². The average Bonchev–Trinajstić information content (AvgIpc) is 3.08. The number of carbonyl (C=O) groups is 2. The van der Waals surface area contributed by atoms with Crippen LogP contribution in [0.3, 0.4) is 0 Å². The number of carbonyl (C=O) groups excluding carboxylic acids is 2. The molecule has 4 N–H and O–H groups in total. The van der Waals surface area contributed by atoms with E-state index in [0.717, 1.165) is 18.4 Å². The van der Waals surface area contributed by atoms with Gasteiger partial charge in [0.1, 0.15) is 0 Å². The lowest BCUT2D eigenvalue weighted by Crippen LogP contribution is -2.27. The zero-order valence-corrected chi connectivity index (χ0v) is 15.0. The van der Waals surface area contributed by atoms with Crippen LogP contribution >= 0.6 is 0 Å². The van der Waals surface area contributed by atoms with Gasteiger partial charge in [-0.3, -0.25) is 9.59 Å². The van der Waals surface area contributed by atoms with Crippen molar-refractivity contribution in [2.75, 3.05) is 5.32 Å². The summed E-state index contributed by atoms with van der Waals surface area (Å²) in [5, 5.41) is 5.82. The molecule has 2 aromatic rings. The first-order valence-electron chi connectivity index (χ1n) is 9.02. The van der Waals surface area contributed by atoms with Crippen molar-refractivity contribution in [3.8, 4) is 0 Å². The van der Waals surface area contributed by atoms with Crippen LogP contribution < -0.4 is 16.4 Å². The first-order valence-corrected chi connectivity index (χ1v) is 9.02. The number of nitrogens with one attached hydrogen (secondary N) is 2. The molecule has 0 aromatic heterocycles. The summed E-state index contributed by atoms with van der Waals surface area (Å²) in [7, 11) is 0. The van der Waals surface area contributed by atoms with Crippen molar-refractivity contribution in [3.05, 3.63) is 65.2 Å². The molecule has 1 aliphatic carbocycles. The van der Waals surface area contributed by atoms with E-state index in [4.69, 9.17) is 5.73 Å². The van der Waals surface area contributed by atoms with Crippen LogP contribution in [0.5, 0.6) is 0 Å². The molecule has 1 fully saturated rings. The summed E-state index contributed by atoms with van der Waals surface area (Å²) >= 11 is 0. The molecule has 0 saturated heterocycles. The molecule has 1 aliphatic rings. The number of anilines is 1. The second-order valence-corrected chi connectivity index (χ2v) is 6.97. The fourth-order valence-electron chi connectivity index (χ4n) is 3.26. The maximum Gasteiger partial charge on any atom is 0.253 e. The third-order valence-electron chi connectivity index (χ3n) is 4.85. The zero-order chi connectivity index (χ0) is 18.5.